The van der Waals surface area contributed by atoms with E-state index in [1.54, 1.807) is 6.92 Å². The minimum Gasteiger partial charge on any atom is -0.352 e. The van der Waals surface area contributed by atoms with Gasteiger partial charge >= 0.3 is 0 Å². The average Bonchev–Trinajstić information content (AvgIpc) is 2.25. The maximum atomic E-state index is 13.0. The van der Waals surface area contributed by atoms with Gasteiger partial charge in [0.2, 0.25) is 5.91 Å². The molecule has 1 aliphatic heterocycles. The fourth-order valence-corrected chi connectivity index (χ4v) is 1.88. The quantitative estimate of drug-likeness (QED) is 0.812. The molecule has 2 N–H and O–H groups in total. The molecule has 102 valence electrons. The van der Waals surface area contributed by atoms with Gasteiger partial charge in [-0.15, -0.1) is 0 Å². The van der Waals surface area contributed by atoms with Crippen LogP contribution in [0.15, 0.2) is 29.3 Å². The number of hydrogen-bond acceptors (Lipinski definition) is 2. The normalized spacial score (nSPS) is 13.9. The molecular weight excluding hydrogens is 250 g/mol. The monoisotopic (exact) mass is 266 g/mol. The molecule has 19 heavy (non-hydrogen) atoms. The van der Waals surface area contributed by atoms with Gasteiger partial charge in [0, 0.05) is 31.3 Å². The Morgan fingerprint density at radius 3 is 2.42 bits per heavy atom. The number of amides is 1. The predicted molar refractivity (Wildman–Crippen MR) is 68.6 cm³/mol. The summed E-state index contributed by atoms with van der Waals surface area (Å²) in [7, 11) is 0. The van der Waals surface area contributed by atoms with Gasteiger partial charge in [-0.2, -0.15) is 0 Å². The molecule has 0 saturated carbocycles. The van der Waals surface area contributed by atoms with E-state index in [2.05, 4.69) is 10.6 Å². The van der Waals surface area contributed by atoms with Crippen LogP contribution in [0.25, 0.3) is 0 Å². The van der Waals surface area contributed by atoms with Crippen molar-refractivity contribution in [3.63, 3.8) is 0 Å². The van der Waals surface area contributed by atoms with Crippen LogP contribution in [-0.4, -0.2) is 25.5 Å². The molecule has 1 amide bonds. The Bertz CT molecular complexity index is 500. The van der Waals surface area contributed by atoms with Crippen LogP contribution in [0.3, 0.4) is 0 Å². The molecule has 0 aromatic heterocycles. The number of halogens is 2. The van der Waals surface area contributed by atoms with Crippen molar-refractivity contribution in [3.8, 4) is 0 Å². The molecule has 1 heterocycles. The van der Waals surface area contributed by atoms with Gasteiger partial charge in [-0.25, -0.2) is 8.78 Å². The molecule has 0 spiro atoms. The molecular formula is C14H16F2N2O. The third kappa shape index (κ3) is 3.61. The Labute approximate surface area is 110 Å². The van der Waals surface area contributed by atoms with Crippen LogP contribution in [0, 0.1) is 11.6 Å². The third-order valence-corrected chi connectivity index (χ3v) is 3.17. The molecule has 0 bridgehead atoms. The summed E-state index contributed by atoms with van der Waals surface area (Å²) < 4.78 is 25.9. The van der Waals surface area contributed by atoms with Crippen molar-refractivity contribution in [2.75, 3.05) is 19.6 Å². The summed E-state index contributed by atoms with van der Waals surface area (Å²) in [5.41, 5.74) is 2.37. The number of nitrogens with one attached hydrogen (secondary N) is 2. The fraction of sp³-hybridized carbons (Fsp3) is 0.357. The summed E-state index contributed by atoms with van der Waals surface area (Å²) in [5.74, 6) is -1.31. The Kier molecular flexibility index (Phi) is 4.27. The summed E-state index contributed by atoms with van der Waals surface area (Å²) in [4.78, 5) is 11.8. The summed E-state index contributed by atoms with van der Waals surface area (Å²) in [6.07, 6.45) is 0.404. The van der Waals surface area contributed by atoms with Crippen molar-refractivity contribution in [1.82, 2.24) is 10.6 Å². The minimum atomic E-state index is -0.597. The highest BCUT2D eigenvalue weighted by Gasteiger charge is 2.15. The van der Waals surface area contributed by atoms with Crippen LogP contribution in [0.1, 0.15) is 12.5 Å². The lowest BCUT2D eigenvalue weighted by Gasteiger charge is -2.21. The van der Waals surface area contributed by atoms with E-state index < -0.39 is 11.6 Å². The zero-order valence-corrected chi connectivity index (χ0v) is 10.7. The van der Waals surface area contributed by atoms with Gasteiger partial charge in [-0.05, 0) is 36.6 Å². The molecule has 5 heteroatoms. The predicted octanol–water partition coefficient (Wildman–Crippen LogP) is 1.54. The second-order valence-electron chi connectivity index (χ2n) is 4.62. The van der Waals surface area contributed by atoms with Crippen LogP contribution < -0.4 is 10.6 Å². The van der Waals surface area contributed by atoms with Crippen molar-refractivity contribution in [3.05, 3.63) is 46.5 Å². The minimum absolute atomic E-state index is 0.117. The summed E-state index contributed by atoms with van der Waals surface area (Å²) in [6, 6.07) is 3.38. The zero-order valence-electron chi connectivity index (χ0n) is 10.7. The van der Waals surface area contributed by atoms with Crippen LogP contribution in [0.4, 0.5) is 8.78 Å². The highest BCUT2D eigenvalue weighted by molar-refractivity contribution is 5.93. The van der Waals surface area contributed by atoms with Gasteiger partial charge in [-0.1, -0.05) is 0 Å². The van der Waals surface area contributed by atoms with Gasteiger partial charge < -0.3 is 10.6 Å². The molecule has 0 aliphatic carbocycles. The molecule has 1 saturated heterocycles. The first-order chi connectivity index (χ1) is 9.06. The number of hydrogen-bond donors (Lipinski definition) is 2. The summed E-state index contributed by atoms with van der Waals surface area (Å²) in [6.45, 7) is 3.66. The SMILES string of the molecule is CC(C(=O)NCCc1cc(F)cc(F)c1)=C1CNC1. The van der Waals surface area contributed by atoms with Crippen LogP contribution in [0.5, 0.6) is 0 Å². The lowest BCUT2D eigenvalue weighted by atomic mass is 10.0. The van der Waals surface area contributed by atoms with E-state index in [-0.39, 0.29) is 5.91 Å². The Balaban J connectivity index is 1.84. The molecule has 1 aromatic carbocycles. The Hall–Kier alpha value is -1.75. The first kappa shape index (κ1) is 13.7. The van der Waals surface area contributed by atoms with E-state index in [9.17, 15) is 13.6 Å². The first-order valence-electron chi connectivity index (χ1n) is 6.19. The standard InChI is InChI=1S/C14H16F2N2O/c1-9(11-7-17-8-11)14(19)18-3-2-10-4-12(15)6-13(16)5-10/h4-6,17H,2-3,7-8H2,1H3,(H,18,19). The maximum absolute atomic E-state index is 13.0. The molecule has 0 atom stereocenters. The number of benzene rings is 1. The van der Waals surface area contributed by atoms with Crippen LogP contribution in [0.2, 0.25) is 0 Å². The first-order valence-corrected chi connectivity index (χ1v) is 6.19. The Morgan fingerprint density at radius 2 is 1.89 bits per heavy atom. The second kappa shape index (κ2) is 5.93. The Morgan fingerprint density at radius 1 is 1.26 bits per heavy atom. The zero-order chi connectivity index (χ0) is 13.8. The summed E-state index contributed by atoms with van der Waals surface area (Å²) >= 11 is 0. The molecule has 0 unspecified atom stereocenters. The number of carbonyl (C=O) groups excluding carboxylic acids is 1. The van der Waals surface area contributed by atoms with Gasteiger partial charge in [0.1, 0.15) is 11.6 Å². The van der Waals surface area contributed by atoms with E-state index in [4.69, 9.17) is 0 Å². The third-order valence-electron chi connectivity index (χ3n) is 3.17. The molecule has 1 aliphatic rings. The molecule has 1 fully saturated rings. The molecule has 0 radical (unpaired) electrons. The van der Waals surface area contributed by atoms with Crippen molar-refractivity contribution < 1.29 is 13.6 Å². The molecule has 3 nitrogen and oxygen atoms in total. The van der Waals surface area contributed by atoms with E-state index in [0.29, 0.717) is 18.5 Å². The molecule has 1 aromatic rings. The van der Waals surface area contributed by atoms with Crippen LogP contribution in [-0.2, 0) is 11.2 Å². The van der Waals surface area contributed by atoms with Crippen molar-refractivity contribution in [1.29, 1.82) is 0 Å². The van der Waals surface area contributed by atoms with Gasteiger partial charge in [-0.3, -0.25) is 4.79 Å². The maximum Gasteiger partial charge on any atom is 0.246 e. The van der Waals surface area contributed by atoms with E-state index in [1.165, 1.54) is 12.1 Å². The average molecular weight is 266 g/mol. The second-order valence-corrected chi connectivity index (χ2v) is 4.62. The van der Waals surface area contributed by atoms with E-state index in [1.807, 2.05) is 0 Å². The fourth-order valence-electron chi connectivity index (χ4n) is 1.88. The highest BCUT2D eigenvalue weighted by Crippen LogP contribution is 2.10. The largest absolute Gasteiger partial charge is 0.352 e. The van der Waals surface area contributed by atoms with Crippen LogP contribution >= 0.6 is 0 Å². The molecule has 2 rings (SSSR count). The van der Waals surface area contributed by atoms with Gasteiger partial charge in [0.05, 0.1) is 0 Å². The van der Waals surface area contributed by atoms with Crippen molar-refractivity contribution in [2.45, 2.75) is 13.3 Å². The lowest BCUT2D eigenvalue weighted by Crippen LogP contribution is -2.38. The smallest absolute Gasteiger partial charge is 0.246 e. The van der Waals surface area contributed by atoms with Crippen molar-refractivity contribution in [2.24, 2.45) is 0 Å². The van der Waals surface area contributed by atoms with Gasteiger partial charge in [0.25, 0.3) is 0 Å². The van der Waals surface area contributed by atoms with E-state index in [0.717, 1.165) is 30.3 Å². The van der Waals surface area contributed by atoms with Crippen molar-refractivity contribution >= 4 is 5.91 Å². The number of carbonyl (C=O) groups is 1. The topological polar surface area (TPSA) is 41.1 Å². The number of rotatable bonds is 4. The summed E-state index contributed by atoms with van der Waals surface area (Å²) in [5, 5.41) is 5.82. The van der Waals surface area contributed by atoms with Gasteiger partial charge in [0.15, 0.2) is 0 Å². The highest BCUT2D eigenvalue weighted by atomic mass is 19.1. The lowest BCUT2D eigenvalue weighted by molar-refractivity contribution is -0.117. The van der Waals surface area contributed by atoms with E-state index >= 15 is 0 Å².